The SMILES string of the molecule is O=C(c1cc2c(=O)c3ccccc3oc2o1)N1CCN(Cc2ccc(F)cc2)CC1. The number of carbonyl (C=O) groups is 1. The van der Waals surface area contributed by atoms with Crippen molar-refractivity contribution in [1.82, 2.24) is 9.80 Å². The van der Waals surface area contributed by atoms with Gasteiger partial charge in [0.2, 0.25) is 5.43 Å². The molecule has 4 aromatic rings. The van der Waals surface area contributed by atoms with Crippen LogP contribution in [0.1, 0.15) is 16.1 Å². The number of halogens is 1. The Morgan fingerprint density at radius 2 is 1.67 bits per heavy atom. The highest BCUT2D eigenvalue weighted by Gasteiger charge is 2.26. The largest absolute Gasteiger partial charge is 0.425 e. The van der Waals surface area contributed by atoms with Crippen LogP contribution in [0.4, 0.5) is 4.39 Å². The predicted octanol–water partition coefficient (Wildman–Crippen LogP) is 3.64. The van der Waals surface area contributed by atoms with E-state index in [1.165, 1.54) is 18.2 Å². The van der Waals surface area contributed by atoms with Gasteiger partial charge in [-0.25, -0.2) is 4.39 Å². The number of benzene rings is 2. The van der Waals surface area contributed by atoms with Gasteiger partial charge in [-0.15, -0.1) is 0 Å². The summed E-state index contributed by atoms with van der Waals surface area (Å²) in [5, 5.41) is 0.728. The van der Waals surface area contributed by atoms with E-state index in [-0.39, 0.29) is 34.1 Å². The average Bonchev–Trinajstić information content (AvgIpc) is 3.20. The van der Waals surface area contributed by atoms with Gasteiger partial charge in [-0.1, -0.05) is 24.3 Å². The number of fused-ring (bicyclic) bond motifs is 2. The molecule has 0 aliphatic carbocycles. The zero-order valence-corrected chi connectivity index (χ0v) is 16.1. The summed E-state index contributed by atoms with van der Waals surface area (Å²) < 4.78 is 24.3. The van der Waals surface area contributed by atoms with Crippen molar-refractivity contribution in [3.8, 4) is 0 Å². The third-order valence-corrected chi connectivity index (χ3v) is 5.47. The summed E-state index contributed by atoms with van der Waals surface area (Å²) in [5.41, 5.74) is 1.25. The molecule has 0 bridgehead atoms. The van der Waals surface area contributed by atoms with E-state index in [0.717, 1.165) is 5.56 Å². The van der Waals surface area contributed by atoms with Crippen molar-refractivity contribution in [2.24, 2.45) is 0 Å². The van der Waals surface area contributed by atoms with Crippen LogP contribution in [0.5, 0.6) is 0 Å². The number of furan rings is 1. The van der Waals surface area contributed by atoms with E-state index in [1.807, 2.05) is 0 Å². The molecule has 1 amide bonds. The smallest absolute Gasteiger partial charge is 0.302 e. The minimum atomic E-state index is -0.258. The third-order valence-electron chi connectivity index (χ3n) is 5.47. The van der Waals surface area contributed by atoms with Gasteiger partial charge >= 0.3 is 5.78 Å². The normalized spacial score (nSPS) is 15.2. The molecule has 2 aromatic heterocycles. The van der Waals surface area contributed by atoms with Crippen LogP contribution in [0, 0.1) is 5.82 Å². The van der Waals surface area contributed by atoms with Crippen molar-refractivity contribution in [1.29, 1.82) is 0 Å². The van der Waals surface area contributed by atoms with E-state index in [9.17, 15) is 14.0 Å². The highest BCUT2D eigenvalue weighted by molar-refractivity contribution is 5.97. The number of nitrogens with zero attached hydrogens (tertiary/aromatic N) is 2. The Morgan fingerprint density at radius 1 is 0.933 bits per heavy atom. The number of carbonyl (C=O) groups excluding carboxylic acids is 1. The average molecular weight is 406 g/mol. The van der Waals surface area contributed by atoms with E-state index in [2.05, 4.69) is 4.90 Å². The van der Waals surface area contributed by atoms with Gasteiger partial charge in [-0.05, 0) is 29.8 Å². The first kappa shape index (κ1) is 18.6. The minimum absolute atomic E-state index is 0.0667. The molecule has 7 heteroatoms. The summed E-state index contributed by atoms with van der Waals surface area (Å²) in [6.45, 7) is 3.19. The molecular formula is C23H19FN2O4. The first-order chi connectivity index (χ1) is 14.6. The number of amides is 1. The summed E-state index contributed by atoms with van der Waals surface area (Å²) in [6, 6.07) is 14.9. The molecular weight excluding hydrogens is 387 g/mol. The van der Waals surface area contributed by atoms with Crippen molar-refractivity contribution in [3.05, 3.63) is 82.0 Å². The first-order valence-electron chi connectivity index (χ1n) is 9.80. The van der Waals surface area contributed by atoms with Crippen LogP contribution in [-0.4, -0.2) is 41.9 Å². The van der Waals surface area contributed by atoms with Crippen LogP contribution in [-0.2, 0) is 6.54 Å². The van der Waals surface area contributed by atoms with Gasteiger partial charge in [0.15, 0.2) is 5.76 Å². The molecule has 2 aromatic carbocycles. The lowest BCUT2D eigenvalue weighted by Gasteiger charge is -2.34. The van der Waals surface area contributed by atoms with Gasteiger partial charge < -0.3 is 13.7 Å². The number of piperazine rings is 1. The molecule has 0 N–H and O–H groups in total. The van der Waals surface area contributed by atoms with E-state index < -0.39 is 0 Å². The van der Waals surface area contributed by atoms with E-state index >= 15 is 0 Å². The van der Waals surface area contributed by atoms with Crippen LogP contribution in [0.15, 0.2) is 68.2 Å². The number of para-hydroxylation sites is 1. The molecule has 30 heavy (non-hydrogen) atoms. The molecule has 0 spiro atoms. The highest BCUT2D eigenvalue weighted by Crippen LogP contribution is 2.23. The van der Waals surface area contributed by atoms with Crippen LogP contribution in [0.3, 0.4) is 0 Å². The fourth-order valence-corrected chi connectivity index (χ4v) is 3.81. The number of hydrogen-bond donors (Lipinski definition) is 0. The second-order valence-corrected chi connectivity index (χ2v) is 7.43. The van der Waals surface area contributed by atoms with Crippen molar-refractivity contribution < 1.29 is 18.0 Å². The standard InChI is InChI=1S/C23H19FN2O4/c24-16-7-5-15(6-8-16)14-25-9-11-26(12-10-25)22(28)20-13-18-21(27)17-3-1-2-4-19(17)29-23(18)30-20/h1-8,13H,9-12,14H2. The van der Waals surface area contributed by atoms with E-state index in [1.54, 1.807) is 41.3 Å². The Hall–Kier alpha value is -3.45. The molecule has 0 saturated carbocycles. The Kier molecular flexibility index (Phi) is 4.59. The minimum Gasteiger partial charge on any atom is -0.425 e. The lowest BCUT2D eigenvalue weighted by Crippen LogP contribution is -2.48. The maximum Gasteiger partial charge on any atom is 0.302 e. The third kappa shape index (κ3) is 3.37. The van der Waals surface area contributed by atoms with Crippen LogP contribution in [0.2, 0.25) is 0 Å². The van der Waals surface area contributed by atoms with Crippen LogP contribution >= 0.6 is 0 Å². The molecule has 5 rings (SSSR count). The van der Waals surface area contributed by atoms with Gasteiger partial charge in [0.05, 0.1) is 5.39 Å². The lowest BCUT2D eigenvalue weighted by molar-refractivity contribution is 0.0598. The van der Waals surface area contributed by atoms with E-state index in [0.29, 0.717) is 43.7 Å². The van der Waals surface area contributed by atoms with Gasteiger partial charge in [0, 0.05) is 38.8 Å². The molecule has 0 atom stereocenters. The van der Waals surface area contributed by atoms with Crippen molar-refractivity contribution in [3.63, 3.8) is 0 Å². The zero-order chi connectivity index (χ0) is 20.7. The maximum atomic E-state index is 13.1. The summed E-state index contributed by atoms with van der Waals surface area (Å²) in [7, 11) is 0. The van der Waals surface area contributed by atoms with Gasteiger partial charge in [-0.2, -0.15) is 0 Å². The lowest BCUT2D eigenvalue weighted by atomic mass is 10.2. The molecule has 1 aliphatic rings. The fourth-order valence-electron chi connectivity index (χ4n) is 3.81. The highest BCUT2D eigenvalue weighted by atomic mass is 19.1. The quantitative estimate of drug-likeness (QED) is 0.520. The first-order valence-corrected chi connectivity index (χ1v) is 9.80. The van der Waals surface area contributed by atoms with Gasteiger partial charge in [-0.3, -0.25) is 14.5 Å². The number of hydrogen-bond acceptors (Lipinski definition) is 5. The number of rotatable bonds is 3. The topological polar surface area (TPSA) is 66.9 Å². The molecule has 1 saturated heterocycles. The molecule has 0 unspecified atom stereocenters. The Labute approximate surface area is 171 Å². The molecule has 1 fully saturated rings. The molecule has 0 radical (unpaired) electrons. The Balaban J connectivity index is 1.31. The maximum absolute atomic E-state index is 13.1. The molecule has 6 nitrogen and oxygen atoms in total. The van der Waals surface area contributed by atoms with Crippen molar-refractivity contribution in [2.45, 2.75) is 6.54 Å². The molecule has 152 valence electrons. The molecule has 3 heterocycles. The summed E-state index contributed by atoms with van der Waals surface area (Å²) in [6.07, 6.45) is 0. The summed E-state index contributed by atoms with van der Waals surface area (Å²) in [4.78, 5) is 29.5. The van der Waals surface area contributed by atoms with Crippen LogP contribution in [0.25, 0.3) is 22.1 Å². The second-order valence-electron chi connectivity index (χ2n) is 7.43. The van der Waals surface area contributed by atoms with E-state index in [4.69, 9.17) is 8.83 Å². The summed E-state index contributed by atoms with van der Waals surface area (Å²) >= 11 is 0. The zero-order valence-electron chi connectivity index (χ0n) is 16.1. The van der Waals surface area contributed by atoms with Crippen molar-refractivity contribution in [2.75, 3.05) is 26.2 Å². The van der Waals surface area contributed by atoms with Gasteiger partial charge in [0.1, 0.15) is 16.8 Å². The fraction of sp³-hybridized carbons (Fsp3) is 0.217. The van der Waals surface area contributed by atoms with Crippen molar-refractivity contribution >= 4 is 28.0 Å². The summed E-state index contributed by atoms with van der Waals surface area (Å²) in [5.74, 6) is -0.336. The second kappa shape index (κ2) is 7.42. The molecule has 1 aliphatic heterocycles. The monoisotopic (exact) mass is 406 g/mol. The van der Waals surface area contributed by atoms with Crippen LogP contribution < -0.4 is 5.43 Å². The Bertz CT molecular complexity index is 1280. The van der Waals surface area contributed by atoms with Gasteiger partial charge in [0.25, 0.3) is 5.91 Å². The Morgan fingerprint density at radius 3 is 2.43 bits per heavy atom. The predicted molar refractivity (Wildman–Crippen MR) is 110 cm³/mol.